The van der Waals surface area contributed by atoms with E-state index in [0.717, 1.165) is 0 Å². The number of aliphatic carboxylic acids is 2. The molecule has 0 spiro atoms. The van der Waals surface area contributed by atoms with Crippen molar-refractivity contribution in [2.75, 3.05) is 6.61 Å². The van der Waals surface area contributed by atoms with Crippen molar-refractivity contribution in [2.24, 2.45) is 5.73 Å². The van der Waals surface area contributed by atoms with Crippen molar-refractivity contribution in [3.8, 4) is 0 Å². The van der Waals surface area contributed by atoms with Crippen LogP contribution in [0.5, 0.6) is 0 Å². The Balaban J connectivity index is 0.000000626. The van der Waals surface area contributed by atoms with Gasteiger partial charge in [0, 0.05) is 6.04 Å². The number of halogens is 2. The molecule has 122 valence electrons. The van der Waals surface area contributed by atoms with Gasteiger partial charge in [-0.15, -0.1) is 0 Å². The molecule has 1 atom stereocenters. The predicted molar refractivity (Wildman–Crippen MR) is 79.9 cm³/mol. The molecule has 0 bridgehead atoms. The summed E-state index contributed by atoms with van der Waals surface area (Å²) in [6, 6.07) is 4.67. The number of rotatable bonds is 4. The number of ether oxygens (including phenoxy) is 1. The summed E-state index contributed by atoms with van der Waals surface area (Å²) in [5.41, 5.74) is 6.51. The molecule has 7 nitrogen and oxygen atoms in total. The first-order chi connectivity index (χ1) is 10.2. The van der Waals surface area contributed by atoms with Gasteiger partial charge in [0.1, 0.15) is 0 Å². The molecule has 1 rings (SSSR count). The summed E-state index contributed by atoms with van der Waals surface area (Å²) in [6.45, 7) is 2.09. The van der Waals surface area contributed by atoms with Crippen molar-refractivity contribution >= 4 is 41.1 Å². The summed E-state index contributed by atoms with van der Waals surface area (Å²) >= 11 is 11.8. The van der Waals surface area contributed by atoms with Gasteiger partial charge in [-0.3, -0.25) is 4.79 Å². The van der Waals surface area contributed by atoms with Gasteiger partial charge in [-0.2, -0.15) is 0 Å². The zero-order valence-electron chi connectivity index (χ0n) is 11.6. The minimum Gasteiger partial charge on any atom is -0.473 e. The molecule has 1 aromatic carbocycles. The van der Waals surface area contributed by atoms with Crippen molar-refractivity contribution in [1.82, 2.24) is 0 Å². The molecule has 0 saturated carbocycles. The fourth-order valence-corrected chi connectivity index (χ4v) is 1.76. The standard InChI is InChI=1S/C11H13Cl2NO2.C2H2O4/c1-2-16-10(15)6-9(14)7-4-3-5-8(12)11(7)13;3-1(4)2(5)6/h3-5,9H,2,6,14H2,1H3;(H,3,4)(H,5,6). The average molecular weight is 352 g/mol. The Bertz CT molecular complexity index is 537. The molecule has 0 radical (unpaired) electrons. The Hall–Kier alpha value is -1.83. The van der Waals surface area contributed by atoms with E-state index in [1.807, 2.05) is 0 Å². The minimum atomic E-state index is -1.82. The van der Waals surface area contributed by atoms with Crippen molar-refractivity contribution in [3.05, 3.63) is 33.8 Å². The van der Waals surface area contributed by atoms with Gasteiger partial charge < -0.3 is 20.7 Å². The first-order valence-corrected chi connectivity index (χ1v) is 6.77. The van der Waals surface area contributed by atoms with Crippen LogP contribution >= 0.6 is 23.2 Å². The van der Waals surface area contributed by atoms with E-state index < -0.39 is 18.0 Å². The van der Waals surface area contributed by atoms with E-state index in [9.17, 15) is 4.79 Å². The topological polar surface area (TPSA) is 127 Å². The molecular weight excluding hydrogens is 337 g/mol. The molecule has 0 aliphatic carbocycles. The van der Waals surface area contributed by atoms with Crippen molar-refractivity contribution < 1.29 is 29.3 Å². The van der Waals surface area contributed by atoms with E-state index in [2.05, 4.69) is 0 Å². The van der Waals surface area contributed by atoms with Gasteiger partial charge in [-0.1, -0.05) is 35.3 Å². The third-order valence-electron chi connectivity index (χ3n) is 2.26. The number of nitrogens with two attached hydrogens (primary N) is 1. The zero-order valence-corrected chi connectivity index (χ0v) is 13.1. The molecule has 0 heterocycles. The third kappa shape index (κ3) is 7.26. The number of hydrogen-bond donors (Lipinski definition) is 3. The molecule has 0 fully saturated rings. The Labute approximate surface area is 136 Å². The van der Waals surface area contributed by atoms with Gasteiger partial charge in [-0.25, -0.2) is 9.59 Å². The Morgan fingerprint density at radius 1 is 1.23 bits per heavy atom. The number of esters is 1. The second kappa shape index (κ2) is 9.99. The lowest BCUT2D eigenvalue weighted by Gasteiger charge is -2.13. The SMILES string of the molecule is CCOC(=O)CC(N)c1cccc(Cl)c1Cl.O=C(O)C(=O)O. The lowest BCUT2D eigenvalue weighted by molar-refractivity contribution is -0.159. The average Bonchev–Trinajstić information content (AvgIpc) is 2.42. The van der Waals surface area contributed by atoms with Crippen LogP contribution in [-0.2, 0) is 19.1 Å². The summed E-state index contributed by atoms with van der Waals surface area (Å²) in [6.07, 6.45) is 0.0912. The second-order valence-electron chi connectivity index (χ2n) is 3.87. The van der Waals surface area contributed by atoms with E-state index in [1.165, 1.54) is 0 Å². The van der Waals surface area contributed by atoms with Gasteiger partial charge in [-0.05, 0) is 18.6 Å². The van der Waals surface area contributed by atoms with E-state index in [-0.39, 0.29) is 12.4 Å². The highest BCUT2D eigenvalue weighted by molar-refractivity contribution is 6.42. The van der Waals surface area contributed by atoms with Crippen LogP contribution in [0.25, 0.3) is 0 Å². The number of carbonyl (C=O) groups is 3. The van der Waals surface area contributed by atoms with Gasteiger partial charge in [0.2, 0.25) is 0 Å². The molecule has 0 aliphatic heterocycles. The Morgan fingerprint density at radius 3 is 2.23 bits per heavy atom. The van der Waals surface area contributed by atoms with Crippen molar-refractivity contribution in [3.63, 3.8) is 0 Å². The molecular formula is C13H15Cl2NO6. The van der Waals surface area contributed by atoms with E-state index in [1.54, 1.807) is 25.1 Å². The second-order valence-corrected chi connectivity index (χ2v) is 4.65. The molecule has 1 unspecified atom stereocenters. The summed E-state index contributed by atoms with van der Waals surface area (Å²) in [7, 11) is 0. The minimum absolute atomic E-state index is 0.0912. The first kappa shape index (κ1) is 20.2. The smallest absolute Gasteiger partial charge is 0.414 e. The Morgan fingerprint density at radius 2 is 1.77 bits per heavy atom. The number of carbonyl (C=O) groups excluding carboxylic acids is 1. The molecule has 0 aliphatic rings. The molecule has 0 aromatic heterocycles. The summed E-state index contributed by atoms with van der Waals surface area (Å²) in [5, 5.41) is 15.6. The van der Waals surface area contributed by atoms with Crippen LogP contribution in [0.15, 0.2) is 18.2 Å². The van der Waals surface area contributed by atoms with E-state index in [0.29, 0.717) is 22.2 Å². The first-order valence-electron chi connectivity index (χ1n) is 6.02. The van der Waals surface area contributed by atoms with Crippen LogP contribution < -0.4 is 5.73 Å². The predicted octanol–water partition coefficient (Wildman–Crippen LogP) is 2.10. The van der Waals surface area contributed by atoms with E-state index in [4.69, 9.17) is 53.5 Å². The van der Waals surface area contributed by atoms with Gasteiger partial charge in [0.05, 0.1) is 23.1 Å². The third-order valence-corrected chi connectivity index (χ3v) is 3.09. The maximum Gasteiger partial charge on any atom is 0.414 e. The molecule has 22 heavy (non-hydrogen) atoms. The highest BCUT2D eigenvalue weighted by atomic mass is 35.5. The molecule has 9 heteroatoms. The molecule has 4 N–H and O–H groups in total. The fraction of sp³-hybridized carbons (Fsp3) is 0.308. The van der Waals surface area contributed by atoms with Crippen LogP contribution in [0, 0.1) is 0 Å². The fourth-order valence-electron chi connectivity index (χ4n) is 1.32. The van der Waals surface area contributed by atoms with Gasteiger partial charge in [0.25, 0.3) is 0 Å². The van der Waals surface area contributed by atoms with Gasteiger partial charge in [0.15, 0.2) is 0 Å². The summed E-state index contributed by atoms with van der Waals surface area (Å²) < 4.78 is 4.81. The van der Waals surface area contributed by atoms with Crippen LogP contribution in [0.3, 0.4) is 0 Å². The van der Waals surface area contributed by atoms with Crippen molar-refractivity contribution in [1.29, 1.82) is 0 Å². The number of hydrogen-bond acceptors (Lipinski definition) is 5. The zero-order chi connectivity index (χ0) is 17.3. The molecule has 0 saturated heterocycles. The lowest BCUT2D eigenvalue weighted by Crippen LogP contribution is -2.17. The number of benzene rings is 1. The van der Waals surface area contributed by atoms with Crippen LogP contribution in [0.2, 0.25) is 10.0 Å². The number of carboxylic acid groups (broad SMARTS) is 2. The van der Waals surface area contributed by atoms with Crippen LogP contribution in [-0.4, -0.2) is 34.7 Å². The number of carboxylic acids is 2. The normalized spacial score (nSPS) is 10.9. The molecule has 0 amide bonds. The Kier molecular flexibility index (Phi) is 9.16. The van der Waals surface area contributed by atoms with Crippen LogP contribution in [0.1, 0.15) is 24.9 Å². The maximum atomic E-state index is 11.2. The van der Waals surface area contributed by atoms with Crippen LogP contribution in [0.4, 0.5) is 0 Å². The maximum absolute atomic E-state index is 11.2. The largest absolute Gasteiger partial charge is 0.473 e. The van der Waals surface area contributed by atoms with Crippen molar-refractivity contribution in [2.45, 2.75) is 19.4 Å². The highest BCUT2D eigenvalue weighted by Crippen LogP contribution is 2.30. The monoisotopic (exact) mass is 351 g/mol. The molecule has 1 aromatic rings. The highest BCUT2D eigenvalue weighted by Gasteiger charge is 2.16. The quantitative estimate of drug-likeness (QED) is 0.559. The lowest BCUT2D eigenvalue weighted by atomic mass is 10.0. The summed E-state index contributed by atoms with van der Waals surface area (Å²) in [5.74, 6) is -3.99. The van der Waals surface area contributed by atoms with E-state index >= 15 is 0 Å². The summed E-state index contributed by atoms with van der Waals surface area (Å²) in [4.78, 5) is 29.4. The van der Waals surface area contributed by atoms with Gasteiger partial charge >= 0.3 is 17.9 Å².